The van der Waals surface area contributed by atoms with E-state index in [1.165, 1.54) is 0 Å². The Kier molecular flexibility index (Phi) is 5.84. The molecule has 0 unspecified atom stereocenters. The fraction of sp³-hybridized carbons (Fsp3) is 0.240. The highest BCUT2D eigenvalue weighted by Crippen LogP contribution is 2.31. The van der Waals surface area contributed by atoms with Crippen LogP contribution >= 0.6 is 0 Å². The largest absolute Gasteiger partial charge is 0.372 e. The van der Waals surface area contributed by atoms with Gasteiger partial charge in [-0.3, -0.25) is 4.79 Å². The average Bonchev–Trinajstić information content (AvgIpc) is 2.81. The molecule has 1 fully saturated rings. The minimum absolute atomic E-state index is 0.479. The van der Waals surface area contributed by atoms with Crippen LogP contribution in [0.15, 0.2) is 84.9 Å². The van der Waals surface area contributed by atoms with Crippen LogP contribution in [0.3, 0.4) is 0 Å². The molecule has 1 amide bonds. The average molecular weight is 402 g/mol. The molecule has 154 valence electrons. The summed E-state index contributed by atoms with van der Waals surface area (Å²) >= 11 is 0. The van der Waals surface area contributed by atoms with Crippen LogP contribution < -0.4 is 10.2 Å². The van der Waals surface area contributed by atoms with E-state index >= 15 is 0 Å². The molecule has 1 aliphatic heterocycles. The summed E-state index contributed by atoms with van der Waals surface area (Å²) in [7, 11) is 2.14. The van der Waals surface area contributed by atoms with Crippen molar-refractivity contribution in [3.8, 4) is 0 Å². The second kappa shape index (κ2) is 8.69. The molecule has 4 rings (SSSR count). The quantitative estimate of drug-likeness (QED) is 0.689. The van der Waals surface area contributed by atoms with Crippen molar-refractivity contribution >= 4 is 17.3 Å². The molecule has 0 aromatic heterocycles. The molecule has 0 saturated carbocycles. The van der Waals surface area contributed by atoms with Gasteiger partial charge in [0.25, 0.3) is 5.91 Å². The Bertz CT molecular complexity index is 927. The number of rotatable bonds is 5. The zero-order valence-corrected chi connectivity index (χ0v) is 17.2. The van der Waals surface area contributed by atoms with Gasteiger partial charge >= 0.3 is 0 Å². The number of hydrogen-bond donors (Lipinski definition) is 2. The number of likely N-dealkylation sites (N-methyl/N-ethyl adjacent to an activating group) is 1. The first kappa shape index (κ1) is 20.1. The van der Waals surface area contributed by atoms with E-state index in [-0.39, 0.29) is 0 Å². The number of aliphatic hydroxyl groups is 1. The van der Waals surface area contributed by atoms with Gasteiger partial charge in [-0.1, -0.05) is 60.7 Å². The van der Waals surface area contributed by atoms with Crippen LogP contribution in [0, 0.1) is 0 Å². The second-order valence-corrected chi connectivity index (χ2v) is 7.73. The smallest absolute Gasteiger partial charge is 0.265 e. The maximum Gasteiger partial charge on any atom is 0.265 e. The fourth-order valence-corrected chi connectivity index (χ4v) is 3.83. The summed E-state index contributed by atoms with van der Waals surface area (Å²) in [6, 6.07) is 25.9. The number of nitrogens with one attached hydrogen (secondary N) is 1. The third kappa shape index (κ3) is 4.08. The number of anilines is 2. The molecule has 1 heterocycles. The number of nitrogens with zero attached hydrogens (tertiary/aromatic N) is 2. The van der Waals surface area contributed by atoms with E-state index in [0.29, 0.717) is 16.8 Å². The van der Waals surface area contributed by atoms with Gasteiger partial charge in [0.1, 0.15) is 0 Å². The van der Waals surface area contributed by atoms with Crippen molar-refractivity contribution in [1.82, 2.24) is 4.90 Å². The molecule has 0 aliphatic carbocycles. The van der Waals surface area contributed by atoms with E-state index in [9.17, 15) is 9.90 Å². The van der Waals surface area contributed by atoms with Crippen LogP contribution in [0.5, 0.6) is 0 Å². The molecule has 30 heavy (non-hydrogen) atoms. The molecule has 1 aliphatic rings. The molecule has 1 saturated heterocycles. The highest BCUT2D eigenvalue weighted by molar-refractivity contribution is 6.00. The lowest BCUT2D eigenvalue weighted by molar-refractivity contribution is -0.131. The number of piperazine rings is 1. The van der Waals surface area contributed by atoms with Crippen molar-refractivity contribution in [1.29, 1.82) is 0 Å². The van der Waals surface area contributed by atoms with Gasteiger partial charge in [0.15, 0.2) is 5.60 Å². The van der Waals surface area contributed by atoms with Gasteiger partial charge in [0.2, 0.25) is 0 Å². The summed E-state index contributed by atoms with van der Waals surface area (Å²) in [6.45, 7) is 4.06. The SMILES string of the molecule is CN1CCN(c2ccc(NC(=O)C(O)(c3ccccc3)c3ccccc3)cc2)CC1. The van der Waals surface area contributed by atoms with Crippen LogP contribution in [-0.4, -0.2) is 49.1 Å². The van der Waals surface area contributed by atoms with Gasteiger partial charge in [-0.25, -0.2) is 0 Å². The third-order valence-electron chi connectivity index (χ3n) is 5.71. The molecular weight excluding hydrogens is 374 g/mol. The van der Waals surface area contributed by atoms with Gasteiger partial charge < -0.3 is 20.2 Å². The Morgan fingerprint density at radius 3 is 1.80 bits per heavy atom. The van der Waals surface area contributed by atoms with Gasteiger partial charge in [0.05, 0.1) is 0 Å². The summed E-state index contributed by atoms with van der Waals surface area (Å²) < 4.78 is 0. The Hall–Kier alpha value is -3.15. The van der Waals surface area contributed by atoms with Crippen molar-refractivity contribution in [2.45, 2.75) is 5.60 Å². The molecule has 5 heteroatoms. The Labute approximate surface area is 177 Å². The molecule has 0 atom stereocenters. The number of carbonyl (C=O) groups is 1. The standard InChI is InChI=1S/C25H27N3O2/c1-27-16-18-28(19-17-27)23-14-12-22(13-15-23)26-24(29)25(30,20-8-4-2-5-9-20)21-10-6-3-7-11-21/h2-15,30H,16-19H2,1H3,(H,26,29). The van der Waals surface area contributed by atoms with E-state index in [1.54, 1.807) is 24.3 Å². The summed E-state index contributed by atoms with van der Waals surface area (Å²) in [6.07, 6.45) is 0. The molecule has 5 nitrogen and oxygen atoms in total. The number of carbonyl (C=O) groups excluding carboxylic acids is 1. The van der Waals surface area contributed by atoms with Crippen molar-refractivity contribution in [3.63, 3.8) is 0 Å². The predicted molar refractivity (Wildman–Crippen MR) is 121 cm³/mol. The first-order valence-corrected chi connectivity index (χ1v) is 10.3. The van der Waals surface area contributed by atoms with Gasteiger partial charge in [0, 0.05) is 37.6 Å². The number of benzene rings is 3. The van der Waals surface area contributed by atoms with E-state index in [0.717, 1.165) is 31.9 Å². The molecule has 0 bridgehead atoms. The van der Waals surface area contributed by atoms with E-state index < -0.39 is 11.5 Å². The van der Waals surface area contributed by atoms with Crippen molar-refractivity contribution in [2.75, 3.05) is 43.4 Å². The molecule has 0 radical (unpaired) electrons. The normalized spacial score (nSPS) is 15.1. The third-order valence-corrected chi connectivity index (χ3v) is 5.71. The highest BCUT2D eigenvalue weighted by atomic mass is 16.3. The van der Waals surface area contributed by atoms with Crippen molar-refractivity contribution in [2.24, 2.45) is 0 Å². The zero-order chi connectivity index (χ0) is 21.0. The summed E-state index contributed by atoms with van der Waals surface area (Å²) in [4.78, 5) is 17.9. The first-order chi connectivity index (χ1) is 14.6. The van der Waals surface area contributed by atoms with Crippen LogP contribution in [0.2, 0.25) is 0 Å². The van der Waals surface area contributed by atoms with Crippen LogP contribution in [-0.2, 0) is 10.4 Å². The lowest BCUT2D eigenvalue weighted by Crippen LogP contribution is -2.44. The van der Waals surface area contributed by atoms with Crippen molar-refractivity contribution in [3.05, 3.63) is 96.1 Å². The fourth-order valence-electron chi connectivity index (χ4n) is 3.83. The lowest BCUT2D eigenvalue weighted by Gasteiger charge is -2.34. The van der Waals surface area contributed by atoms with Crippen LogP contribution in [0.4, 0.5) is 11.4 Å². The first-order valence-electron chi connectivity index (χ1n) is 10.3. The van der Waals surface area contributed by atoms with Crippen LogP contribution in [0.25, 0.3) is 0 Å². The molecule has 3 aromatic carbocycles. The maximum atomic E-state index is 13.3. The topological polar surface area (TPSA) is 55.8 Å². The number of amides is 1. The Morgan fingerprint density at radius 1 is 0.800 bits per heavy atom. The van der Waals surface area contributed by atoms with Gasteiger partial charge in [-0.05, 0) is 42.4 Å². The van der Waals surface area contributed by atoms with Crippen LogP contribution in [0.1, 0.15) is 11.1 Å². The van der Waals surface area contributed by atoms with E-state index in [4.69, 9.17) is 0 Å². The monoisotopic (exact) mass is 401 g/mol. The summed E-state index contributed by atoms with van der Waals surface area (Å²) in [5.41, 5.74) is 1.08. The predicted octanol–water partition coefficient (Wildman–Crippen LogP) is 3.31. The molecule has 2 N–H and O–H groups in total. The van der Waals surface area contributed by atoms with Crippen molar-refractivity contribution < 1.29 is 9.90 Å². The van der Waals surface area contributed by atoms with Gasteiger partial charge in [-0.2, -0.15) is 0 Å². The Morgan fingerprint density at radius 2 is 1.30 bits per heavy atom. The van der Waals surface area contributed by atoms with E-state index in [2.05, 4.69) is 22.2 Å². The zero-order valence-electron chi connectivity index (χ0n) is 17.2. The molecule has 0 spiro atoms. The number of hydrogen-bond acceptors (Lipinski definition) is 4. The van der Waals surface area contributed by atoms with Gasteiger partial charge in [-0.15, -0.1) is 0 Å². The lowest BCUT2D eigenvalue weighted by atomic mass is 9.85. The Balaban J connectivity index is 1.56. The maximum absolute atomic E-state index is 13.3. The summed E-state index contributed by atoms with van der Waals surface area (Å²) in [5.74, 6) is -0.479. The summed E-state index contributed by atoms with van der Waals surface area (Å²) in [5, 5.41) is 14.4. The molecular formula is C25H27N3O2. The second-order valence-electron chi connectivity index (χ2n) is 7.73. The minimum Gasteiger partial charge on any atom is -0.372 e. The minimum atomic E-state index is -1.78. The molecule has 3 aromatic rings. The van der Waals surface area contributed by atoms with E-state index in [1.807, 2.05) is 60.7 Å². The highest BCUT2D eigenvalue weighted by Gasteiger charge is 2.39.